The van der Waals surface area contributed by atoms with E-state index in [1.807, 2.05) is 24.3 Å². The van der Waals surface area contributed by atoms with Crippen molar-refractivity contribution in [3.05, 3.63) is 70.3 Å². The lowest BCUT2D eigenvalue weighted by Crippen LogP contribution is -2.46. The lowest BCUT2D eigenvalue weighted by atomic mass is 9.70. The number of amides is 1. The summed E-state index contributed by atoms with van der Waals surface area (Å²) in [5.74, 6) is 0.688. The first kappa shape index (κ1) is 34.2. The third-order valence-electron chi connectivity index (χ3n) is 10.4. The van der Waals surface area contributed by atoms with Gasteiger partial charge >= 0.3 is 0 Å². The normalized spacial score (nSPS) is 30.4. The average Bonchev–Trinajstić information content (AvgIpc) is 3.56. The van der Waals surface area contributed by atoms with E-state index in [1.54, 1.807) is 25.3 Å². The van der Waals surface area contributed by atoms with E-state index in [0.717, 1.165) is 69.3 Å². The van der Waals surface area contributed by atoms with Crippen molar-refractivity contribution in [2.45, 2.75) is 88.0 Å². The van der Waals surface area contributed by atoms with Gasteiger partial charge < -0.3 is 23.8 Å². The number of carbonyl (C=O) groups excluding carboxylic acids is 1. The van der Waals surface area contributed by atoms with Crippen molar-refractivity contribution in [3.63, 3.8) is 0 Å². The molecule has 0 aromatic heterocycles. The predicted octanol–water partition coefficient (Wildman–Crippen LogP) is 6.08. The molecule has 47 heavy (non-hydrogen) atoms. The zero-order chi connectivity index (χ0) is 33.0. The van der Waals surface area contributed by atoms with Crippen molar-refractivity contribution in [2.75, 3.05) is 38.8 Å². The van der Waals surface area contributed by atoms with E-state index < -0.39 is 27.3 Å². The highest BCUT2D eigenvalue weighted by atomic mass is 35.5. The van der Waals surface area contributed by atoms with Crippen LogP contribution in [-0.2, 0) is 37.3 Å². The van der Waals surface area contributed by atoms with Crippen molar-refractivity contribution in [2.24, 2.45) is 11.8 Å². The van der Waals surface area contributed by atoms with Crippen LogP contribution in [0.15, 0.2) is 48.6 Å². The SMILES string of the molecule is CO[C@H]1/C=C/C[C@H](OC)[C@@H](CC2CCCO2)S(=O)(=O)NC(=O)c2ccc3c(c2)N(CCCCc2cc(Cl)ccc2CO3)C[C@@H]2CCC21. The Labute approximate surface area is 284 Å². The van der Waals surface area contributed by atoms with Gasteiger partial charge in [-0.3, -0.25) is 4.79 Å². The monoisotopic (exact) mass is 686 g/mol. The fourth-order valence-electron chi connectivity index (χ4n) is 7.59. The number of carbonyl (C=O) groups is 1. The molecule has 1 amide bonds. The van der Waals surface area contributed by atoms with Crippen LogP contribution in [0.2, 0.25) is 5.02 Å². The Hall–Kier alpha value is -2.63. The number of nitrogens with one attached hydrogen (secondary N) is 1. The highest BCUT2D eigenvalue weighted by Crippen LogP contribution is 2.42. The van der Waals surface area contributed by atoms with Crippen molar-refractivity contribution >= 4 is 33.2 Å². The maximum atomic E-state index is 14.0. The van der Waals surface area contributed by atoms with Crippen molar-refractivity contribution in [1.29, 1.82) is 0 Å². The molecule has 2 unspecified atom stereocenters. The summed E-state index contributed by atoms with van der Waals surface area (Å²) in [5.41, 5.74) is 3.31. The molecule has 2 fully saturated rings. The molecule has 11 heteroatoms. The third-order valence-corrected chi connectivity index (χ3v) is 12.4. The van der Waals surface area contributed by atoms with Crippen LogP contribution in [0.3, 0.4) is 0 Å². The Morgan fingerprint density at radius 3 is 2.64 bits per heavy atom. The van der Waals surface area contributed by atoms with E-state index in [0.29, 0.717) is 42.2 Å². The largest absolute Gasteiger partial charge is 0.487 e. The Bertz CT molecular complexity index is 1540. The van der Waals surface area contributed by atoms with Gasteiger partial charge in [-0.1, -0.05) is 29.8 Å². The summed E-state index contributed by atoms with van der Waals surface area (Å²) >= 11 is 6.35. The molecule has 4 aliphatic rings. The molecule has 3 aliphatic heterocycles. The Morgan fingerprint density at radius 1 is 1.02 bits per heavy atom. The lowest BCUT2D eigenvalue weighted by Gasteiger charge is -2.43. The Kier molecular flexibility index (Phi) is 11.1. The average molecular weight is 687 g/mol. The number of hydrogen-bond donors (Lipinski definition) is 1. The van der Waals surface area contributed by atoms with Crippen LogP contribution >= 0.6 is 11.6 Å². The van der Waals surface area contributed by atoms with Crippen LogP contribution in [-0.4, -0.2) is 71.8 Å². The van der Waals surface area contributed by atoms with E-state index in [4.69, 9.17) is 30.5 Å². The van der Waals surface area contributed by atoms with Gasteiger partial charge in [0.2, 0.25) is 10.0 Å². The molecule has 2 bridgehead atoms. The molecule has 1 saturated heterocycles. The molecule has 1 N–H and O–H groups in total. The molecule has 256 valence electrons. The maximum Gasteiger partial charge on any atom is 0.264 e. The number of halogens is 1. The minimum Gasteiger partial charge on any atom is -0.487 e. The third kappa shape index (κ3) is 7.99. The van der Waals surface area contributed by atoms with E-state index in [-0.39, 0.29) is 24.2 Å². The van der Waals surface area contributed by atoms with Gasteiger partial charge in [0.15, 0.2) is 0 Å². The summed E-state index contributed by atoms with van der Waals surface area (Å²) in [7, 11) is -0.887. The standard InChI is InChI=1S/C36H47ClN2O7S/c1-43-32-9-5-10-34(44-2)35(21-29-8-6-18-45-29)47(41,42)38-36(40)25-13-16-33-31(20-25)39(22-26-12-15-30(26)32)17-4-3-7-24-19-28(37)14-11-27(24)23-46-33/h5,9,11,13-14,16,19-20,26,29-30,32,34-35H,3-4,6-8,10,12,15,17-18,21-23H2,1-2H3,(H,38,40)/b9-5+/t26-,29?,30?,32-,34-,35+/m0/s1. The zero-order valence-corrected chi connectivity index (χ0v) is 28.9. The van der Waals surface area contributed by atoms with Crippen LogP contribution in [0.4, 0.5) is 5.69 Å². The number of methoxy groups -OCH3 is 2. The second kappa shape index (κ2) is 15.3. The van der Waals surface area contributed by atoms with Gasteiger partial charge in [0, 0.05) is 44.5 Å². The maximum absolute atomic E-state index is 14.0. The Morgan fingerprint density at radius 2 is 1.89 bits per heavy atom. The van der Waals surface area contributed by atoms with E-state index >= 15 is 0 Å². The highest BCUT2D eigenvalue weighted by Gasteiger charge is 2.40. The smallest absolute Gasteiger partial charge is 0.264 e. The zero-order valence-electron chi connectivity index (χ0n) is 27.4. The van der Waals surface area contributed by atoms with Crippen LogP contribution < -0.4 is 14.4 Å². The summed E-state index contributed by atoms with van der Waals surface area (Å²) in [6.45, 7) is 2.51. The molecule has 6 rings (SSSR count). The van der Waals surface area contributed by atoms with Gasteiger partial charge in [-0.05, 0) is 111 Å². The van der Waals surface area contributed by atoms with Crippen LogP contribution in [0, 0.1) is 11.8 Å². The van der Waals surface area contributed by atoms with Crippen LogP contribution in [0.5, 0.6) is 5.75 Å². The second-order valence-corrected chi connectivity index (χ2v) is 15.6. The number of sulfonamides is 1. The lowest BCUT2D eigenvalue weighted by molar-refractivity contribution is 0.0131. The van der Waals surface area contributed by atoms with E-state index in [2.05, 4.69) is 15.7 Å². The topological polar surface area (TPSA) is 103 Å². The summed E-state index contributed by atoms with van der Waals surface area (Å²) in [5, 5.41) is -0.272. The molecular formula is C36H47ClN2O7S. The van der Waals surface area contributed by atoms with Crippen LogP contribution in [0.1, 0.15) is 72.9 Å². The highest BCUT2D eigenvalue weighted by molar-refractivity contribution is 7.90. The molecule has 0 radical (unpaired) electrons. The fourth-order valence-corrected chi connectivity index (χ4v) is 9.40. The molecule has 6 atom stereocenters. The van der Waals surface area contributed by atoms with Gasteiger partial charge in [-0.2, -0.15) is 0 Å². The van der Waals surface area contributed by atoms with E-state index in [1.165, 1.54) is 12.7 Å². The number of hydrogen-bond acceptors (Lipinski definition) is 8. The number of aryl methyl sites for hydroxylation is 1. The van der Waals surface area contributed by atoms with Crippen molar-refractivity contribution < 1.29 is 32.2 Å². The molecule has 9 nitrogen and oxygen atoms in total. The summed E-state index contributed by atoms with van der Waals surface area (Å²) in [6.07, 6.45) is 10.3. The molecule has 2 aromatic carbocycles. The number of ether oxygens (including phenoxy) is 4. The van der Waals surface area contributed by atoms with Crippen molar-refractivity contribution in [1.82, 2.24) is 4.72 Å². The Balaban J connectivity index is 1.38. The molecule has 0 spiro atoms. The number of nitrogens with zero attached hydrogens (tertiary/aromatic N) is 1. The van der Waals surface area contributed by atoms with Crippen LogP contribution in [0.25, 0.3) is 0 Å². The van der Waals surface area contributed by atoms with Crippen molar-refractivity contribution in [3.8, 4) is 5.75 Å². The van der Waals surface area contributed by atoms with Gasteiger partial charge in [-0.15, -0.1) is 0 Å². The molecule has 3 heterocycles. The first-order chi connectivity index (χ1) is 22.8. The molecule has 1 aliphatic carbocycles. The molecule has 2 aromatic rings. The second-order valence-electron chi connectivity index (χ2n) is 13.3. The number of rotatable bonds is 4. The predicted molar refractivity (Wildman–Crippen MR) is 183 cm³/mol. The fraction of sp³-hybridized carbons (Fsp3) is 0.583. The van der Waals surface area contributed by atoms with Gasteiger partial charge in [0.1, 0.15) is 17.6 Å². The number of fused-ring (bicyclic) bond motifs is 3. The quantitative estimate of drug-likeness (QED) is 0.387. The minimum atomic E-state index is -4.15. The van der Waals surface area contributed by atoms with Gasteiger partial charge in [0.05, 0.1) is 24.0 Å². The first-order valence-electron chi connectivity index (χ1n) is 16.9. The summed E-state index contributed by atoms with van der Waals surface area (Å²) < 4.78 is 54.5. The number of benzene rings is 2. The summed E-state index contributed by atoms with van der Waals surface area (Å²) in [6, 6.07) is 11.2. The first-order valence-corrected chi connectivity index (χ1v) is 18.9. The van der Waals surface area contributed by atoms with Gasteiger partial charge in [0.25, 0.3) is 5.91 Å². The van der Waals surface area contributed by atoms with E-state index in [9.17, 15) is 13.2 Å². The molecular weight excluding hydrogens is 640 g/mol. The number of anilines is 1. The van der Waals surface area contributed by atoms with Gasteiger partial charge in [-0.25, -0.2) is 13.1 Å². The summed E-state index contributed by atoms with van der Waals surface area (Å²) in [4.78, 5) is 16.1. The molecule has 1 saturated carbocycles. The minimum absolute atomic E-state index is 0.0997.